The smallest absolute Gasteiger partial charge is 0.462 e. The highest BCUT2D eigenvalue weighted by molar-refractivity contribution is 7.47. The lowest BCUT2D eigenvalue weighted by atomic mass is 10.0. The lowest BCUT2D eigenvalue weighted by Crippen LogP contribution is -2.30. The van der Waals surface area contributed by atoms with Crippen molar-refractivity contribution in [3.63, 3.8) is 0 Å². The Morgan fingerprint density at radius 3 is 0.701 bits per heavy atom. The SMILES string of the molecule is CCCCCCCCCCCCCCCCCCCCCCC(=O)O[C@H](COC(=O)CCCCCCCCCCCCCCCCCCC(C)C)COP(=O)(O)OC[C@@H](O)COP(=O)(O)OC[C@@H](COC(=O)CCCCCCCCC)OC(=O)CCCCCCCCCCCCC. The average Bonchev–Trinajstić information content (AvgIpc) is 1.64. The molecule has 3 N–H and O–H groups in total. The summed E-state index contributed by atoms with van der Waals surface area (Å²) in [6.07, 6.45) is 61.3. The molecule has 0 aliphatic carbocycles. The van der Waals surface area contributed by atoms with Crippen molar-refractivity contribution in [3.8, 4) is 0 Å². The Morgan fingerprint density at radius 2 is 0.474 bits per heavy atom. The van der Waals surface area contributed by atoms with Gasteiger partial charge in [0.05, 0.1) is 26.4 Å². The van der Waals surface area contributed by atoms with Crippen LogP contribution in [0.2, 0.25) is 0 Å². The average molecular weight is 1420 g/mol. The molecule has 5 atom stereocenters. The molecule has 2 unspecified atom stereocenters. The zero-order chi connectivity index (χ0) is 71.2. The highest BCUT2D eigenvalue weighted by atomic mass is 31.2. The fourth-order valence-corrected chi connectivity index (χ4v) is 13.6. The predicted octanol–water partition coefficient (Wildman–Crippen LogP) is 23.3. The monoisotopic (exact) mass is 1420 g/mol. The van der Waals surface area contributed by atoms with Crippen LogP contribution in [0.15, 0.2) is 0 Å². The van der Waals surface area contributed by atoms with Gasteiger partial charge in [-0.15, -0.1) is 0 Å². The van der Waals surface area contributed by atoms with Gasteiger partial charge in [-0.25, -0.2) is 9.13 Å². The minimum Gasteiger partial charge on any atom is -0.462 e. The van der Waals surface area contributed by atoms with Crippen LogP contribution in [0.1, 0.15) is 413 Å². The van der Waals surface area contributed by atoms with Crippen LogP contribution in [0.5, 0.6) is 0 Å². The van der Waals surface area contributed by atoms with Crippen LogP contribution in [0.25, 0.3) is 0 Å². The summed E-state index contributed by atoms with van der Waals surface area (Å²) < 4.78 is 68.4. The van der Waals surface area contributed by atoms with Crippen molar-refractivity contribution >= 4 is 39.5 Å². The van der Waals surface area contributed by atoms with Gasteiger partial charge in [-0.2, -0.15) is 0 Å². The lowest BCUT2D eigenvalue weighted by Gasteiger charge is -2.21. The maximum atomic E-state index is 13.1. The van der Waals surface area contributed by atoms with Gasteiger partial charge in [-0.05, 0) is 31.6 Å². The number of ether oxygens (including phenoxy) is 4. The lowest BCUT2D eigenvalue weighted by molar-refractivity contribution is -0.161. The van der Waals surface area contributed by atoms with E-state index in [9.17, 15) is 43.2 Å². The molecule has 0 saturated heterocycles. The number of unbranched alkanes of at least 4 members (excludes halogenated alkanes) is 50. The maximum Gasteiger partial charge on any atom is 0.472 e. The summed E-state index contributed by atoms with van der Waals surface area (Å²) >= 11 is 0. The van der Waals surface area contributed by atoms with Crippen LogP contribution >= 0.6 is 15.6 Å². The van der Waals surface area contributed by atoms with E-state index in [4.69, 9.17) is 37.0 Å². The summed E-state index contributed by atoms with van der Waals surface area (Å²) in [6, 6.07) is 0. The van der Waals surface area contributed by atoms with Gasteiger partial charge in [0.15, 0.2) is 12.2 Å². The Labute approximate surface area is 594 Å². The third-order valence-electron chi connectivity index (χ3n) is 18.3. The van der Waals surface area contributed by atoms with Crippen LogP contribution in [-0.4, -0.2) is 96.7 Å². The van der Waals surface area contributed by atoms with Gasteiger partial charge in [-0.1, -0.05) is 362 Å². The molecule has 0 aliphatic rings. The molecular formula is C78H152O17P2. The summed E-state index contributed by atoms with van der Waals surface area (Å²) in [5.41, 5.74) is 0. The van der Waals surface area contributed by atoms with E-state index in [2.05, 4.69) is 34.6 Å². The second-order valence-electron chi connectivity index (χ2n) is 28.6. The first-order valence-corrected chi connectivity index (χ1v) is 43.6. The normalized spacial score (nSPS) is 13.9. The van der Waals surface area contributed by atoms with Gasteiger partial charge in [0.1, 0.15) is 19.3 Å². The standard InChI is InChI=1S/C78H152O17P2/c1-6-9-12-15-18-20-22-23-24-25-26-27-28-33-36-40-44-49-54-59-64-78(83)95-74(68-89-76(81)62-57-52-47-42-39-35-32-30-29-31-34-38-41-46-50-55-60-71(4)5)70-93-97(86,87)91-66-72(79)65-90-96(84,85)92-69-73(67-88-75(80)61-56-51-45-17-14-11-8-3)94-77(82)63-58-53-48-43-37-21-19-16-13-10-7-2/h71-74,79H,6-70H2,1-5H3,(H,84,85)(H,86,87)/t72-,73+,74+/m0/s1. The first kappa shape index (κ1) is 95.1. The quantitative estimate of drug-likeness (QED) is 0.0222. The largest absolute Gasteiger partial charge is 0.472 e. The molecule has 0 aliphatic heterocycles. The van der Waals surface area contributed by atoms with Crippen molar-refractivity contribution in [1.29, 1.82) is 0 Å². The van der Waals surface area contributed by atoms with Crippen molar-refractivity contribution in [2.45, 2.75) is 432 Å². The fourth-order valence-electron chi connectivity index (χ4n) is 12.1. The number of hydrogen-bond acceptors (Lipinski definition) is 15. The minimum absolute atomic E-state index is 0.107. The van der Waals surface area contributed by atoms with Crippen LogP contribution < -0.4 is 0 Å². The first-order chi connectivity index (χ1) is 47.0. The number of aliphatic hydroxyl groups is 1. The van der Waals surface area contributed by atoms with Gasteiger partial charge in [0, 0.05) is 25.7 Å². The second-order valence-corrected chi connectivity index (χ2v) is 31.5. The number of phosphoric acid groups is 2. The molecule has 0 aromatic rings. The minimum atomic E-state index is -4.96. The molecule has 97 heavy (non-hydrogen) atoms. The van der Waals surface area contributed by atoms with E-state index in [1.54, 1.807) is 0 Å². The number of rotatable bonds is 78. The molecule has 0 aromatic heterocycles. The summed E-state index contributed by atoms with van der Waals surface area (Å²) in [7, 11) is -9.90. The Hall–Kier alpha value is -1.94. The van der Waals surface area contributed by atoms with Crippen LogP contribution in [0.3, 0.4) is 0 Å². The van der Waals surface area contributed by atoms with E-state index < -0.39 is 97.5 Å². The molecule has 0 fully saturated rings. The fraction of sp³-hybridized carbons (Fsp3) is 0.949. The first-order valence-electron chi connectivity index (χ1n) is 40.6. The van der Waals surface area contributed by atoms with E-state index in [0.717, 1.165) is 109 Å². The zero-order valence-corrected chi connectivity index (χ0v) is 65.0. The molecule has 0 rings (SSSR count). The van der Waals surface area contributed by atoms with E-state index in [1.165, 1.54) is 225 Å². The molecule has 19 heteroatoms. The van der Waals surface area contributed by atoms with Crippen LogP contribution in [0.4, 0.5) is 0 Å². The van der Waals surface area contributed by atoms with Crippen molar-refractivity contribution in [3.05, 3.63) is 0 Å². The highest BCUT2D eigenvalue weighted by Crippen LogP contribution is 2.45. The Kier molecular flexibility index (Phi) is 69.6. The van der Waals surface area contributed by atoms with E-state index in [0.29, 0.717) is 25.7 Å². The molecule has 0 amide bonds. The number of esters is 4. The van der Waals surface area contributed by atoms with Gasteiger partial charge in [0.25, 0.3) is 0 Å². The van der Waals surface area contributed by atoms with Gasteiger partial charge < -0.3 is 33.8 Å². The Balaban J connectivity index is 5.16. The summed E-state index contributed by atoms with van der Waals surface area (Å²) in [5, 5.41) is 10.6. The molecule has 0 heterocycles. The molecule has 0 aromatic carbocycles. The van der Waals surface area contributed by atoms with Crippen molar-refractivity contribution in [2.75, 3.05) is 39.6 Å². The molecule has 0 spiro atoms. The number of carbonyl (C=O) groups is 4. The highest BCUT2D eigenvalue weighted by Gasteiger charge is 2.30. The number of hydrogen-bond donors (Lipinski definition) is 3. The van der Waals surface area contributed by atoms with Gasteiger partial charge in [-0.3, -0.25) is 37.3 Å². The van der Waals surface area contributed by atoms with Crippen LogP contribution in [-0.2, 0) is 65.4 Å². The molecule has 0 bridgehead atoms. The molecule has 0 radical (unpaired) electrons. The zero-order valence-electron chi connectivity index (χ0n) is 63.2. The second kappa shape index (κ2) is 71.1. The topological polar surface area (TPSA) is 237 Å². The number of aliphatic hydroxyl groups excluding tert-OH is 1. The van der Waals surface area contributed by atoms with E-state index in [-0.39, 0.29) is 25.7 Å². The van der Waals surface area contributed by atoms with Crippen molar-refractivity contribution < 1.29 is 80.2 Å². The number of carbonyl (C=O) groups excluding carboxylic acids is 4. The predicted molar refractivity (Wildman–Crippen MR) is 395 cm³/mol. The Morgan fingerprint density at radius 1 is 0.278 bits per heavy atom. The third-order valence-corrected chi connectivity index (χ3v) is 20.2. The van der Waals surface area contributed by atoms with Gasteiger partial charge >= 0.3 is 39.5 Å². The molecule has 576 valence electrons. The van der Waals surface area contributed by atoms with E-state index in [1.807, 2.05) is 0 Å². The Bertz CT molecular complexity index is 1860. The maximum absolute atomic E-state index is 13.1. The summed E-state index contributed by atoms with van der Waals surface area (Å²) in [4.78, 5) is 72.7. The molecule has 0 saturated carbocycles. The van der Waals surface area contributed by atoms with Gasteiger partial charge in [0.2, 0.25) is 0 Å². The van der Waals surface area contributed by atoms with Crippen LogP contribution in [0, 0.1) is 5.92 Å². The third kappa shape index (κ3) is 72.2. The van der Waals surface area contributed by atoms with E-state index >= 15 is 0 Å². The van der Waals surface area contributed by atoms with Crippen molar-refractivity contribution in [2.24, 2.45) is 5.92 Å². The molecule has 17 nitrogen and oxygen atoms in total. The summed E-state index contributed by atoms with van der Waals surface area (Å²) in [6.45, 7) is 7.29. The summed E-state index contributed by atoms with van der Waals surface area (Å²) in [5.74, 6) is -1.30. The van der Waals surface area contributed by atoms with Crippen molar-refractivity contribution in [1.82, 2.24) is 0 Å². The number of phosphoric ester groups is 2. The molecular weight excluding hydrogens is 1270 g/mol.